The van der Waals surface area contributed by atoms with Gasteiger partial charge in [0.05, 0.1) is 12.2 Å². The van der Waals surface area contributed by atoms with Crippen LogP contribution in [0.15, 0.2) is 47.7 Å². The lowest BCUT2D eigenvalue weighted by atomic mass is 10.4. The topological polar surface area (TPSA) is 72.4 Å². The van der Waals surface area contributed by atoms with E-state index >= 15 is 0 Å². The van der Waals surface area contributed by atoms with Crippen LogP contribution in [0.5, 0.6) is 0 Å². The molecule has 0 saturated heterocycles. The molecule has 21 heavy (non-hydrogen) atoms. The molecule has 0 aliphatic heterocycles. The Labute approximate surface area is 127 Å². The number of rotatable bonds is 3. The summed E-state index contributed by atoms with van der Waals surface area (Å²) in [6, 6.07) is 3.93. The van der Waals surface area contributed by atoms with Gasteiger partial charge in [0.2, 0.25) is 5.65 Å². The first kappa shape index (κ1) is 12.3. The number of anilines is 1. The molecule has 4 aromatic rings. The van der Waals surface area contributed by atoms with E-state index in [1.807, 2.05) is 39.5 Å². The molecule has 4 aromatic heterocycles. The predicted octanol–water partition coefficient (Wildman–Crippen LogP) is 2.15. The molecule has 0 spiro atoms. The first-order chi connectivity index (χ1) is 10.3. The minimum Gasteiger partial charge on any atom is -0.361 e. The smallest absolute Gasteiger partial charge is 0.203 e. The van der Waals surface area contributed by atoms with E-state index < -0.39 is 0 Å². The molecule has 7 nitrogen and oxygen atoms in total. The SMILES string of the molecule is Brc1ccc2nc(CNc3nccn4cnnc34)cn2c1. The van der Waals surface area contributed by atoms with Crippen LogP contribution in [0, 0.1) is 0 Å². The third kappa shape index (κ3) is 2.23. The van der Waals surface area contributed by atoms with Gasteiger partial charge in [0, 0.05) is 29.3 Å². The zero-order chi connectivity index (χ0) is 14.2. The van der Waals surface area contributed by atoms with Gasteiger partial charge in [-0.25, -0.2) is 9.97 Å². The number of hydrogen-bond acceptors (Lipinski definition) is 5. The third-order valence-electron chi connectivity index (χ3n) is 3.12. The number of fused-ring (bicyclic) bond motifs is 2. The summed E-state index contributed by atoms with van der Waals surface area (Å²) < 4.78 is 4.81. The van der Waals surface area contributed by atoms with Gasteiger partial charge in [-0.1, -0.05) is 0 Å². The molecule has 1 N–H and O–H groups in total. The molecule has 0 aliphatic carbocycles. The van der Waals surface area contributed by atoms with Crippen LogP contribution in [-0.4, -0.2) is 29.0 Å². The van der Waals surface area contributed by atoms with E-state index in [9.17, 15) is 0 Å². The molecule has 0 saturated carbocycles. The molecule has 8 heteroatoms. The summed E-state index contributed by atoms with van der Waals surface area (Å²) in [4.78, 5) is 8.83. The number of aromatic nitrogens is 6. The van der Waals surface area contributed by atoms with Crippen molar-refractivity contribution in [2.75, 3.05) is 5.32 Å². The Kier molecular flexibility index (Phi) is 2.81. The minimum atomic E-state index is 0.568. The van der Waals surface area contributed by atoms with Gasteiger partial charge in [-0.2, -0.15) is 0 Å². The van der Waals surface area contributed by atoms with Crippen LogP contribution in [0.1, 0.15) is 5.69 Å². The number of pyridine rings is 1. The maximum atomic E-state index is 4.55. The third-order valence-corrected chi connectivity index (χ3v) is 3.59. The van der Waals surface area contributed by atoms with Gasteiger partial charge in [-0.3, -0.25) is 4.40 Å². The second-order valence-corrected chi connectivity index (χ2v) is 5.45. The normalized spacial score (nSPS) is 11.3. The van der Waals surface area contributed by atoms with Crippen LogP contribution in [0.25, 0.3) is 11.3 Å². The van der Waals surface area contributed by atoms with Crippen molar-refractivity contribution >= 4 is 33.0 Å². The predicted molar refractivity (Wildman–Crippen MR) is 81.0 cm³/mol. The lowest BCUT2D eigenvalue weighted by molar-refractivity contribution is 1.04. The standard InChI is InChI=1S/C13H10BrN7/c14-9-1-2-11-18-10(7-21(11)6-9)5-16-12-13-19-17-8-20(13)4-3-15-12/h1-4,6-8H,5H2,(H,15,16). The molecule has 0 unspecified atom stereocenters. The summed E-state index contributed by atoms with van der Waals surface area (Å²) in [5, 5.41) is 11.2. The Balaban J connectivity index is 1.61. The zero-order valence-corrected chi connectivity index (χ0v) is 12.4. The van der Waals surface area contributed by atoms with Gasteiger partial charge in [-0.15, -0.1) is 10.2 Å². The number of nitrogens with one attached hydrogen (secondary N) is 1. The van der Waals surface area contributed by atoms with Crippen LogP contribution >= 0.6 is 15.9 Å². The fourth-order valence-corrected chi connectivity index (χ4v) is 2.51. The number of imidazole rings is 1. The highest BCUT2D eigenvalue weighted by molar-refractivity contribution is 9.10. The van der Waals surface area contributed by atoms with E-state index in [-0.39, 0.29) is 0 Å². The monoisotopic (exact) mass is 343 g/mol. The van der Waals surface area contributed by atoms with Crippen molar-refractivity contribution < 1.29 is 0 Å². The van der Waals surface area contributed by atoms with Gasteiger partial charge in [-0.05, 0) is 28.1 Å². The van der Waals surface area contributed by atoms with Crippen molar-refractivity contribution in [1.29, 1.82) is 0 Å². The summed E-state index contributed by atoms with van der Waals surface area (Å²) in [5.41, 5.74) is 2.53. The number of hydrogen-bond donors (Lipinski definition) is 1. The zero-order valence-electron chi connectivity index (χ0n) is 10.8. The van der Waals surface area contributed by atoms with Gasteiger partial charge < -0.3 is 9.72 Å². The van der Waals surface area contributed by atoms with E-state index in [0.29, 0.717) is 18.0 Å². The quantitative estimate of drug-likeness (QED) is 0.617. The Morgan fingerprint density at radius 2 is 2.14 bits per heavy atom. The lowest BCUT2D eigenvalue weighted by Crippen LogP contribution is -2.03. The maximum Gasteiger partial charge on any atom is 0.203 e. The Hall–Kier alpha value is -2.48. The Bertz CT molecular complexity index is 926. The van der Waals surface area contributed by atoms with Crippen molar-refractivity contribution in [1.82, 2.24) is 29.0 Å². The minimum absolute atomic E-state index is 0.568. The summed E-state index contributed by atoms with van der Waals surface area (Å²) in [7, 11) is 0. The highest BCUT2D eigenvalue weighted by Crippen LogP contribution is 2.14. The fraction of sp³-hybridized carbons (Fsp3) is 0.0769. The highest BCUT2D eigenvalue weighted by atomic mass is 79.9. The first-order valence-corrected chi connectivity index (χ1v) is 7.10. The van der Waals surface area contributed by atoms with E-state index in [1.165, 1.54) is 0 Å². The van der Waals surface area contributed by atoms with Crippen molar-refractivity contribution in [3.05, 3.63) is 53.4 Å². The van der Waals surface area contributed by atoms with Crippen LogP contribution in [0.3, 0.4) is 0 Å². The molecule has 0 aromatic carbocycles. The van der Waals surface area contributed by atoms with E-state index in [4.69, 9.17) is 0 Å². The van der Waals surface area contributed by atoms with E-state index in [0.717, 1.165) is 15.8 Å². The number of halogens is 1. The molecule has 104 valence electrons. The summed E-state index contributed by atoms with van der Waals surface area (Å²) >= 11 is 3.45. The van der Waals surface area contributed by atoms with Crippen molar-refractivity contribution in [2.24, 2.45) is 0 Å². The lowest BCUT2D eigenvalue weighted by Gasteiger charge is -2.03. The second kappa shape index (κ2) is 4.81. The Morgan fingerprint density at radius 1 is 1.19 bits per heavy atom. The molecule has 0 radical (unpaired) electrons. The van der Waals surface area contributed by atoms with Crippen molar-refractivity contribution in [3.8, 4) is 0 Å². The van der Waals surface area contributed by atoms with Crippen molar-refractivity contribution in [2.45, 2.75) is 6.54 Å². The average Bonchev–Trinajstić information content (AvgIpc) is 3.10. The second-order valence-electron chi connectivity index (χ2n) is 4.54. The van der Waals surface area contributed by atoms with Crippen molar-refractivity contribution in [3.63, 3.8) is 0 Å². The average molecular weight is 344 g/mol. The molecule has 0 amide bonds. The molecule has 0 fully saturated rings. The maximum absolute atomic E-state index is 4.55. The summed E-state index contributed by atoms with van der Waals surface area (Å²) in [6.45, 7) is 0.568. The van der Waals surface area contributed by atoms with Gasteiger partial charge in [0.15, 0.2) is 5.82 Å². The van der Waals surface area contributed by atoms with Gasteiger partial charge in [0.1, 0.15) is 12.0 Å². The Morgan fingerprint density at radius 3 is 3.10 bits per heavy atom. The van der Waals surface area contributed by atoms with Crippen LogP contribution in [0.2, 0.25) is 0 Å². The molecule has 0 aliphatic rings. The molecular formula is C13H10BrN7. The van der Waals surface area contributed by atoms with Crippen LogP contribution < -0.4 is 5.32 Å². The van der Waals surface area contributed by atoms with Crippen LogP contribution in [-0.2, 0) is 6.54 Å². The largest absolute Gasteiger partial charge is 0.361 e. The highest BCUT2D eigenvalue weighted by Gasteiger charge is 2.06. The molecular weight excluding hydrogens is 334 g/mol. The van der Waals surface area contributed by atoms with E-state index in [1.54, 1.807) is 12.5 Å². The first-order valence-electron chi connectivity index (χ1n) is 6.31. The molecule has 0 bridgehead atoms. The molecule has 0 atom stereocenters. The molecule has 4 rings (SSSR count). The van der Waals surface area contributed by atoms with Gasteiger partial charge in [0.25, 0.3) is 0 Å². The summed E-state index contributed by atoms with van der Waals surface area (Å²) in [5.74, 6) is 0.688. The number of nitrogens with zero attached hydrogens (tertiary/aromatic N) is 6. The van der Waals surface area contributed by atoms with Gasteiger partial charge >= 0.3 is 0 Å². The van der Waals surface area contributed by atoms with Crippen LogP contribution in [0.4, 0.5) is 5.82 Å². The van der Waals surface area contributed by atoms with E-state index in [2.05, 4.69) is 41.4 Å². The molecule has 4 heterocycles. The fourth-order valence-electron chi connectivity index (χ4n) is 2.16. The summed E-state index contributed by atoms with van der Waals surface area (Å²) in [6.07, 6.45) is 9.12.